The number of alkyl carbamates (subject to hydrolysis) is 2. The van der Waals surface area contributed by atoms with Gasteiger partial charge < -0.3 is 29.6 Å². The van der Waals surface area contributed by atoms with Gasteiger partial charge in [-0.15, -0.1) is 0 Å². The van der Waals surface area contributed by atoms with Gasteiger partial charge >= 0.3 is 24.1 Å². The van der Waals surface area contributed by atoms with Crippen LogP contribution in [0.5, 0.6) is 0 Å². The van der Waals surface area contributed by atoms with Crippen LogP contribution in [0.4, 0.5) is 9.59 Å². The van der Waals surface area contributed by atoms with Gasteiger partial charge in [0.1, 0.15) is 26.4 Å². The first kappa shape index (κ1) is 36.4. The Hall–Kier alpha value is -4.60. The van der Waals surface area contributed by atoms with Crippen molar-refractivity contribution in [3.8, 4) is 0 Å². The topological polar surface area (TPSA) is 129 Å². The number of ether oxygens (including phenoxy) is 4. The molecular weight excluding hydrogens is 552 g/mol. The molecule has 2 aromatic carbocycles. The Labute approximate surface area is 254 Å². The molecule has 0 unspecified atom stereocenters. The Balaban J connectivity index is 0.000000430. The molecule has 0 saturated heterocycles. The number of amides is 2. The third-order valence-corrected chi connectivity index (χ3v) is 5.71. The smallest absolute Gasteiger partial charge is 0.407 e. The van der Waals surface area contributed by atoms with Crippen molar-refractivity contribution in [2.24, 2.45) is 0 Å². The van der Waals surface area contributed by atoms with Gasteiger partial charge in [-0.25, -0.2) is 19.2 Å². The summed E-state index contributed by atoms with van der Waals surface area (Å²) in [5.41, 5.74) is 4.61. The van der Waals surface area contributed by atoms with E-state index in [1.165, 1.54) is 11.1 Å². The van der Waals surface area contributed by atoms with Crippen LogP contribution in [0.2, 0.25) is 0 Å². The predicted octanol–water partition coefficient (Wildman–Crippen LogP) is 5.92. The lowest BCUT2D eigenvalue weighted by molar-refractivity contribution is -0.139. The molecule has 0 fully saturated rings. The Morgan fingerprint density at radius 1 is 0.744 bits per heavy atom. The van der Waals surface area contributed by atoms with Crippen LogP contribution in [-0.4, -0.2) is 50.4 Å². The maximum Gasteiger partial charge on any atom is 0.407 e. The zero-order valence-corrected chi connectivity index (χ0v) is 25.8. The van der Waals surface area contributed by atoms with Crippen LogP contribution in [-0.2, 0) is 41.8 Å². The average Bonchev–Trinajstić information content (AvgIpc) is 2.99. The molecule has 0 radical (unpaired) electrons. The van der Waals surface area contributed by atoms with E-state index in [9.17, 15) is 19.2 Å². The quantitative estimate of drug-likeness (QED) is 0.119. The van der Waals surface area contributed by atoms with Crippen LogP contribution in [0.1, 0.15) is 68.7 Å². The van der Waals surface area contributed by atoms with E-state index in [0.717, 1.165) is 17.2 Å². The molecule has 0 saturated carbocycles. The van der Waals surface area contributed by atoms with Crippen molar-refractivity contribution in [1.82, 2.24) is 10.6 Å². The monoisotopic (exact) mass is 596 g/mol. The summed E-state index contributed by atoms with van der Waals surface area (Å²) in [6.45, 7) is 17.7. The number of rotatable bonds is 14. The maximum atomic E-state index is 11.5. The normalized spacial score (nSPS) is 10.1. The summed E-state index contributed by atoms with van der Waals surface area (Å²) >= 11 is 0. The molecular formula is C33H44N2O8. The lowest BCUT2D eigenvalue weighted by Gasteiger charge is -2.10. The van der Waals surface area contributed by atoms with E-state index in [1.54, 1.807) is 6.92 Å². The van der Waals surface area contributed by atoms with Crippen molar-refractivity contribution in [2.45, 2.75) is 59.7 Å². The molecule has 2 aromatic rings. The van der Waals surface area contributed by atoms with Gasteiger partial charge in [-0.3, -0.25) is 0 Å². The van der Waals surface area contributed by atoms with Crippen molar-refractivity contribution >= 4 is 24.1 Å². The molecule has 0 bridgehead atoms. The maximum absolute atomic E-state index is 11.5. The molecule has 0 atom stereocenters. The molecule has 0 heterocycles. The molecule has 0 aromatic heterocycles. The Morgan fingerprint density at radius 3 is 1.58 bits per heavy atom. The summed E-state index contributed by atoms with van der Waals surface area (Å²) < 4.78 is 19.8. The van der Waals surface area contributed by atoms with Crippen molar-refractivity contribution in [2.75, 3.05) is 26.3 Å². The second-order valence-electron chi connectivity index (χ2n) is 10.1. The Bertz CT molecular complexity index is 1220. The highest BCUT2D eigenvalue weighted by Crippen LogP contribution is 2.17. The van der Waals surface area contributed by atoms with Gasteiger partial charge in [-0.05, 0) is 41.0 Å². The van der Waals surface area contributed by atoms with E-state index in [2.05, 4.69) is 51.5 Å². The summed E-state index contributed by atoms with van der Waals surface area (Å²) in [5.74, 6) is -0.133. The lowest BCUT2D eigenvalue weighted by atomic mass is 10.0. The molecule has 0 aliphatic rings. The van der Waals surface area contributed by atoms with Gasteiger partial charge in [0.25, 0.3) is 0 Å². The van der Waals surface area contributed by atoms with E-state index >= 15 is 0 Å². The van der Waals surface area contributed by atoms with Crippen LogP contribution in [0, 0.1) is 0 Å². The highest BCUT2D eigenvalue weighted by Gasteiger charge is 2.07. The zero-order valence-electron chi connectivity index (χ0n) is 25.8. The summed E-state index contributed by atoms with van der Waals surface area (Å²) in [6, 6.07) is 15.8. The minimum absolute atomic E-state index is 0.0861. The SMILES string of the molecule is C=C(C)C(=O)OCCNC(=O)OCc1cccc(C(C)C)c1.C=CC(=O)OCCNC(=O)OCc1cccc(C(C)C)c1. The number of hydrogen-bond donors (Lipinski definition) is 2. The largest absolute Gasteiger partial charge is 0.461 e. The molecule has 2 amide bonds. The minimum atomic E-state index is -0.542. The molecule has 2 rings (SSSR count). The number of carbonyl (C=O) groups excluding carboxylic acids is 4. The third-order valence-electron chi connectivity index (χ3n) is 5.71. The van der Waals surface area contributed by atoms with Gasteiger partial charge in [0, 0.05) is 11.6 Å². The van der Waals surface area contributed by atoms with Crippen molar-refractivity contribution < 1.29 is 38.1 Å². The molecule has 0 aliphatic carbocycles. The third kappa shape index (κ3) is 16.4. The number of carbonyl (C=O) groups is 4. The van der Waals surface area contributed by atoms with Gasteiger partial charge in [0.2, 0.25) is 0 Å². The van der Waals surface area contributed by atoms with Gasteiger partial charge in [0.05, 0.1) is 13.1 Å². The van der Waals surface area contributed by atoms with E-state index in [4.69, 9.17) is 18.9 Å². The van der Waals surface area contributed by atoms with Crippen LogP contribution in [0.3, 0.4) is 0 Å². The fourth-order valence-electron chi connectivity index (χ4n) is 3.27. The predicted molar refractivity (Wildman–Crippen MR) is 164 cm³/mol. The fraction of sp³-hybridized carbons (Fsp3) is 0.394. The van der Waals surface area contributed by atoms with E-state index in [0.29, 0.717) is 17.4 Å². The first-order valence-electron chi connectivity index (χ1n) is 14.0. The van der Waals surface area contributed by atoms with E-state index in [-0.39, 0.29) is 39.5 Å². The van der Waals surface area contributed by atoms with Crippen LogP contribution in [0.15, 0.2) is 73.3 Å². The molecule has 2 N–H and O–H groups in total. The number of benzene rings is 2. The molecule has 0 spiro atoms. The van der Waals surface area contributed by atoms with E-state index < -0.39 is 24.1 Å². The van der Waals surface area contributed by atoms with Crippen molar-refractivity contribution in [1.29, 1.82) is 0 Å². The van der Waals surface area contributed by atoms with Gasteiger partial charge in [0.15, 0.2) is 0 Å². The van der Waals surface area contributed by atoms with Gasteiger partial charge in [-0.2, -0.15) is 0 Å². The Kier molecular flexibility index (Phi) is 17.2. The standard InChI is InChI=1S/C17H23NO4.C16H21NO4/c1-12(2)15-7-5-6-14(10-15)11-22-17(20)18-8-9-21-16(19)13(3)4;1-4-15(18)20-9-8-17-16(19)21-11-13-6-5-7-14(10-13)12(2)3/h5-7,10,12H,3,8-9,11H2,1-2,4H3,(H,18,20);4-7,10,12H,1,8-9,11H2,2-3H3,(H,17,19). The van der Waals surface area contributed by atoms with Crippen LogP contribution < -0.4 is 10.6 Å². The summed E-state index contributed by atoms with van der Waals surface area (Å²) in [4.78, 5) is 44.9. The molecule has 10 nitrogen and oxygen atoms in total. The zero-order chi connectivity index (χ0) is 32.2. The number of esters is 2. The second kappa shape index (κ2) is 20.3. The Morgan fingerprint density at radius 2 is 1.19 bits per heavy atom. The highest BCUT2D eigenvalue weighted by atomic mass is 16.6. The minimum Gasteiger partial charge on any atom is -0.461 e. The highest BCUT2D eigenvalue weighted by molar-refractivity contribution is 5.86. The van der Waals surface area contributed by atoms with Crippen molar-refractivity contribution in [3.05, 3.63) is 95.6 Å². The molecule has 0 aliphatic heterocycles. The van der Waals surface area contributed by atoms with Crippen LogP contribution >= 0.6 is 0 Å². The van der Waals surface area contributed by atoms with Gasteiger partial charge in [-0.1, -0.05) is 89.4 Å². The second-order valence-corrected chi connectivity index (χ2v) is 10.1. The summed E-state index contributed by atoms with van der Waals surface area (Å²) in [5, 5.41) is 5.01. The number of hydrogen-bond acceptors (Lipinski definition) is 8. The molecule has 10 heteroatoms. The number of nitrogens with one attached hydrogen (secondary N) is 2. The molecule has 43 heavy (non-hydrogen) atoms. The first-order valence-corrected chi connectivity index (χ1v) is 14.0. The average molecular weight is 597 g/mol. The van der Waals surface area contributed by atoms with E-state index in [1.807, 2.05) is 48.5 Å². The first-order chi connectivity index (χ1) is 20.4. The summed E-state index contributed by atoms with van der Waals surface area (Å²) in [6.07, 6.45) is -0.0130. The molecule has 234 valence electrons. The lowest BCUT2D eigenvalue weighted by Crippen LogP contribution is -2.28. The van der Waals surface area contributed by atoms with Crippen molar-refractivity contribution in [3.63, 3.8) is 0 Å². The fourth-order valence-corrected chi connectivity index (χ4v) is 3.27. The van der Waals surface area contributed by atoms with Crippen LogP contribution in [0.25, 0.3) is 0 Å². The summed E-state index contributed by atoms with van der Waals surface area (Å²) in [7, 11) is 0.